The zero-order valence-corrected chi connectivity index (χ0v) is 11.8. The Labute approximate surface area is 121 Å². The second-order valence-electron chi connectivity index (χ2n) is 4.43. The molecule has 0 saturated carbocycles. The van der Waals surface area contributed by atoms with Crippen LogP contribution >= 0.6 is 11.6 Å². The number of hydrogen-bond donors (Lipinski definition) is 0. The van der Waals surface area contributed by atoms with E-state index in [-0.39, 0.29) is 11.4 Å². The van der Waals surface area contributed by atoms with Gasteiger partial charge in [-0.3, -0.25) is 10.1 Å². The Morgan fingerprint density at radius 1 is 1.35 bits per heavy atom. The van der Waals surface area contributed by atoms with Crippen molar-refractivity contribution in [3.8, 4) is 11.6 Å². The number of pyridine rings is 1. The molecule has 5 nitrogen and oxygen atoms in total. The Hall–Kier alpha value is -2.14. The summed E-state index contributed by atoms with van der Waals surface area (Å²) in [4.78, 5) is 14.7. The van der Waals surface area contributed by atoms with Crippen molar-refractivity contribution in [3.63, 3.8) is 0 Å². The average molecular weight is 293 g/mol. The lowest BCUT2D eigenvalue weighted by Crippen LogP contribution is -1.97. The van der Waals surface area contributed by atoms with E-state index >= 15 is 0 Å². The molecule has 20 heavy (non-hydrogen) atoms. The third-order valence-corrected chi connectivity index (χ3v) is 3.07. The molecule has 6 heteroatoms. The summed E-state index contributed by atoms with van der Waals surface area (Å²) in [6.45, 7) is 3.61. The average Bonchev–Trinajstić information content (AvgIpc) is 2.42. The van der Waals surface area contributed by atoms with Crippen LogP contribution in [-0.4, -0.2) is 9.91 Å². The Bertz CT molecular complexity index is 659. The van der Waals surface area contributed by atoms with Gasteiger partial charge in [0.1, 0.15) is 0 Å². The molecule has 0 saturated heterocycles. The number of nitro groups is 1. The number of ether oxygens (including phenoxy) is 1. The van der Waals surface area contributed by atoms with Crippen LogP contribution in [0.5, 0.6) is 11.6 Å². The molecule has 0 N–H and O–H groups in total. The highest BCUT2D eigenvalue weighted by Crippen LogP contribution is 2.32. The van der Waals surface area contributed by atoms with Crippen LogP contribution in [0.3, 0.4) is 0 Å². The molecule has 2 aromatic rings. The number of halogens is 1. The smallest absolute Gasteiger partial charge is 0.311 e. The van der Waals surface area contributed by atoms with E-state index in [4.69, 9.17) is 16.3 Å². The Morgan fingerprint density at radius 3 is 2.70 bits per heavy atom. The molecule has 0 aliphatic rings. The first-order valence-corrected chi connectivity index (χ1v) is 6.49. The summed E-state index contributed by atoms with van der Waals surface area (Å²) < 4.78 is 5.56. The molecule has 1 heterocycles. The number of benzene rings is 1. The summed E-state index contributed by atoms with van der Waals surface area (Å²) in [6, 6.07) is 6.64. The van der Waals surface area contributed by atoms with Crippen LogP contribution in [0.15, 0.2) is 30.5 Å². The minimum Gasteiger partial charge on any atom is -0.432 e. The molecule has 1 aromatic heterocycles. The monoisotopic (exact) mass is 292 g/mol. The van der Waals surface area contributed by atoms with Crippen molar-refractivity contribution in [2.24, 2.45) is 0 Å². The van der Waals surface area contributed by atoms with Crippen molar-refractivity contribution in [2.45, 2.75) is 19.7 Å². The van der Waals surface area contributed by atoms with E-state index in [2.05, 4.69) is 4.98 Å². The molecule has 0 atom stereocenters. The van der Waals surface area contributed by atoms with Crippen LogP contribution < -0.4 is 4.74 Å². The van der Waals surface area contributed by atoms with E-state index in [0.29, 0.717) is 11.8 Å². The van der Waals surface area contributed by atoms with Crippen molar-refractivity contribution in [3.05, 3.63) is 57.3 Å². The van der Waals surface area contributed by atoms with E-state index < -0.39 is 4.92 Å². The van der Waals surface area contributed by atoms with Gasteiger partial charge in [-0.05, 0) is 37.1 Å². The van der Waals surface area contributed by atoms with E-state index in [1.165, 1.54) is 6.07 Å². The van der Waals surface area contributed by atoms with Crippen molar-refractivity contribution < 1.29 is 9.66 Å². The molecule has 2 rings (SSSR count). The van der Waals surface area contributed by atoms with Gasteiger partial charge in [-0.1, -0.05) is 6.07 Å². The number of hydrogen-bond acceptors (Lipinski definition) is 4. The van der Waals surface area contributed by atoms with Gasteiger partial charge >= 0.3 is 5.69 Å². The molecule has 0 aliphatic carbocycles. The highest BCUT2D eigenvalue weighted by molar-refractivity contribution is 6.17. The summed E-state index contributed by atoms with van der Waals surface area (Å²) in [5, 5.41) is 11.0. The summed E-state index contributed by atoms with van der Waals surface area (Å²) in [5.41, 5.74) is 2.37. The van der Waals surface area contributed by atoms with Gasteiger partial charge in [0.15, 0.2) is 0 Å². The first-order valence-electron chi connectivity index (χ1n) is 5.95. The lowest BCUT2D eigenvalue weighted by Gasteiger charge is -2.09. The minimum atomic E-state index is -0.467. The van der Waals surface area contributed by atoms with Crippen LogP contribution in [0.25, 0.3) is 0 Å². The number of aryl methyl sites for hydroxylation is 2. The fourth-order valence-electron chi connectivity index (χ4n) is 1.76. The van der Waals surface area contributed by atoms with Crippen molar-refractivity contribution >= 4 is 17.3 Å². The van der Waals surface area contributed by atoms with E-state index in [9.17, 15) is 10.1 Å². The lowest BCUT2D eigenvalue weighted by molar-refractivity contribution is -0.385. The number of rotatable bonds is 4. The van der Waals surface area contributed by atoms with Gasteiger partial charge in [-0.25, -0.2) is 4.98 Å². The van der Waals surface area contributed by atoms with E-state index in [1.54, 1.807) is 25.3 Å². The van der Waals surface area contributed by atoms with Crippen LogP contribution in [0.1, 0.15) is 16.7 Å². The second kappa shape index (κ2) is 5.88. The topological polar surface area (TPSA) is 65.3 Å². The first kappa shape index (κ1) is 14.3. The molecular formula is C14H13ClN2O3. The number of nitro benzene ring substituents is 1. The standard InChI is InChI=1S/C14H13ClN2O3/c1-9-3-4-13(12(5-9)17(18)19)20-14-10(2)6-11(7-15)8-16-14/h3-6,8H,7H2,1-2H3. The van der Waals surface area contributed by atoms with Gasteiger partial charge in [0.2, 0.25) is 11.6 Å². The molecule has 0 bridgehead atoms. The van der Waals surface area contributed by atoms with Crippen molar-refractivity contribution in [1.82, 2.24) is 4.98 Å². The van der Waals surface area contributed by atoms with E-state index in [0.717, 1.165) is 16.7 Å². The van der Waals surface area contributed by atoms with Gasteiger partial charge in [0.25, 0.3) is 0 Å². The zero-order chi connectivity index (χ0) is 14.7. The Kier molecular flexibility index (Phi) is 4.20. The molecule has 0 radical (unpaired) electrons. The maximum atomic E-state index is 11.0. The first-order chi connectivity index (χ1) is 9.51. The van der Waals surface area contributed by atoms with Crippen LogP contribution in [0.2, 0.25) is 0 Å². The van der Waals surface area contributed by atoms with Crippen LogP contribution in [-0.2, 0) is 5.88 Å². The predicted molar refractivity (Wildman–Crippen MR) is 76.4 cm³/mol. The molecule has 1 aromatic carbocycles. The third-order valence-electron chi connectivity index (χ3n) is 2.76. The van der Waals surface area contributed by atoms with Crippen molar-refractivity contribution in [1.29, 1.82) is 0 Å². The van der Waals surface area contributed by atoms with Crippen molar-refractivity contribution in [2.75, 3.05) is 0 Å². The minimum absolute atomic E-state index is 0.0763. The third kappa shape index (κ3) is 3.05. The highest BCUT2D eigenvalue weighted by Gasteiger charge is 2.17. The fraction of sp³-hybridized carbons (Fsp3) is 0.214. The second-order valence-corrected chi connectivity index (χ2v) is 4.70. The van der Waals surface area contributed by atoms with Gasteiger partial charge in [0, 0.05) is 23.7 Å². The normalized spacial score (nSPS) is 10.3. The van der Waals surface area contributed by atoms with E-state index in [1.807, 2.05) is 13.0 Å². The zero-order valence-electron chi connectivity index (χ0n) is 11.1. The molecule has 0 amide bonds. The molecule has 104 valence electrons. The molecule has 0 fully saturated rings. The summed E-state index contributed by atoms with van der Waals surface area (Å²) in [7, 11) is 0. The van der Waals surface area contributed by atoms with Gasteiger partial charge < -0.3 is 4.74 Å². The number of aromatic nitrogens is 1. The summed E-state index contributed by atoms with van der Waals surface area (Å²) >= 11 is 5.73. The fourth-order valence-corrected chi connectivity index (χ4v) is 1.91. The number of nitrogens with zero attached hydrogens (tertiary/aromatic N) is 2. The molecule has 0 aliphatic heterocycles. The SMILES string of the molecule is Cc1ccc(Oc2ncc(CCl)cc2C)c([N+](=O)[O-])c1. The summed E-state index contributed by atoms with van der Waals surface area (Å²) in [6.07, 6.45) is 1.59. The lowest BCUT2D eigenvalue weighted by atomic mass is 10.2. The van der Waals surface area contributed by atoms with Crippen LogP contribution in [0, 0.1) is 24.0 Å². The predicted octanol–water partition coefficient (Wildman–Crippen LogP) is 4.14. The van der Waals surface area contributed by atoms with Gasteiger partial charge in [-0.2, -0.15) is 0 Å². The molecule has 0 spiro atoms. The van der Waals surface area contributed by atoms with Crippen LogP contribution in [0.4, 0.5) is 5.69 Å². The summed E-state index contributed by atoms with van der Waals surface area (Å²) in [5.74, 6) is 0.874. The Balaban J connectivity index is 2.37. The quantitative estimate of drug-likeness (QED) is 0.482. The number of alkyl halides is 1. The highest BCUT2D eigenvalue weighted by atomic mass is 35.5. The molecular weight excluding hydrogens is 280 g/mol. The molecule has 0 unspecified atom stereocenters. The van der Waals surface area contributed by atoms with Gasteiger partial charge in [0.05, 0.1) is 4.92 Å². The maximum absolute atomic E-state index is 11.0. The largest absolute Gasteiger partial charge is 0.432 e. The maximum Gasteiger partial charge on any atom is 0.311 e. The Morgan fingerprint density at radius 2 is 2.10 bits per heavy atom. The van der Waals surface area contributed by atoms with Gasteiger partial charge in [-0.15, -0.1) is 11.6 Å².